The Bertz CT molecular complexity index is 529. The fourth-order valence-corrected chi connectivity index (χ4v) is 2.34. The van der Waals surface area contributed by atoms with Crippen molar-refractivity contribution in [2.24, 2.45) is 5.73 Å². The quantitative estimate of drug-likeness (QED) is 0.647. The SMILES string of the molecule is Cl.Cl.N[C@H]1CCCN(c2ccc(C(F)(F)F)cc2[N+](=O)[O-])C1. The van der Waals surface area contributed by atoms with E-state index in [2.05, 4.69) is 0 Å². The molecule has 0 unspecified atom stereocenters. The topological polar surface area (TPSA) is 72.4 Å². The molecule has 126 valence electrons. The summed E-state index contributed by atoms with van der Waals surface area (Å²) >= 11 is 0. The van der Waals surface area contributed by atoms with Crippen molar-refractivity contribution in [2.75, 3.05) is 18.0 Å². The van der Waals surface area contributed by atoms with Crippen molar-refractivity contribution in [1.29, 1.82) is 0 Å². The molecule has 1 aliphatic rings. The van der Waals surface area contributed by atoms with Crippen molar-refractivity contribution in [3.8, 4) is 0 Å². The van der Waals surface area contributed by atoms with Crippen LogP contribution in [0, 0.1) is 10.1 Å². The van der Waals surface area contributed by atoms with E-state index in [9.17, 15) is 23.3 Å². The average molecular weight is 362 g/mol. The molecule has 10 heteroatoms. The van der Waals surface area contributed by atoms with Gasteiger partial charge < -0.3 is 10.6 Å². The van der Waals surface area contributed by atoms with Gasteiger partial charge in [-0.1, -0.05) is 0 Å². The molecule has 1 fully saturated rings. The van der Waals surface area contributed by atoms with E-state index in [-0.39, 0.29) is 36.5 Å². The molecule has 1 aromatic rings. The van der Waals surface area contributed by atoms with Crippen LogP contribution in [0.25, 0.3) is 0 Å². The van der Waals surface area contributed by atoms with E-state index in [4.69, 9.17) is 5.73 Å². The predicted octanol–water partition coefficient (Wildman–Crippen LogP) is 3.38. The molecule has 2 rings (SSSR count). The van der Waals surface area contributed by atoms with Crippen molar-refractivity contribution >= 4 is 36.2 Å². The summed E-state index contributed by atoms with van der Waals surface area (Å²) < 4.78 is 37.8. The molecule has 0 aliphatic carbocycles. The highest BCUT2D eigenvalue weighted by Crippen LogP contribution is 2.37. The molecule has 5 nitrogen and oxygen atoms in total. The summed E-state index contributed by atoms with van der Waals surface area (Å²) in [4.78, 5) is 11.9. The van der Waals surface area contributed by atoms with Gasteiger partial charge in [-0.05, 0) is 25.0 Å². The van der Waals surface area contributed by atoms with Crippen molar-refractivity contribution < 1.29 is 18.1 Å². The molecule has 1 atom stereocenters. The maximum atomic E-state index is 12.6. The summed E-state index contributed by atoms with van der Waals surface area (Å²) in [6, 6.07) is 2.47. The molecule has 0 bridgehead atoms. The van der Waals surface area contributed by atoms with E-state index >= 15 is 0 Å². The lowest BCUT2D eigenvalue weighted by Gasteiger charge is -2.32. The molecule has 1 heterocycles. The van der Waals surface area contributed by atoms with Crippen LogP contribution in [-0.4, -0.2) is 24.1 Å². The van der Waals surface area contributed by atoms with Crippen LogP contribution >= 0.6 is 24.8 Å². The maximum Gasteiger partial charge on any atom is 0.416 e. The van der Waals surface area contributed by atoms with Gasteiger partial charge in [0.2, 0.25) is 0 Å². The number of nitrogens with two attached hydrogens (primary N) is 1. The second-order valence-corrected chi connectivity index (χ2v) is 4.81. The standard InChI is InChI=1S/C12H14F3N3O2.2ClH/c13-12(14,15)8-3-4-10(11(6-8)18(19)20)17-5-1-2-9(16)7-17;;/h3-4,6,9H,1-2,5,7,16H2;2*1H/t9-;;/m0../s1. The molecule has 0 aromatic heterocycles. The Hall–Kier alpha value is -1.25. The lowest BCUT2D eigenvalue weighted by molar-refractivity contribution is -0.384. The Morgan fingerprint density at radius 2 is 1.95 bits per heavy atom. The van der Waals surface area contributed by atoms with Crippen LogP contribution in [0.3, 0.4) is 0 Å². The smallest absolute Gasteiger partial charge is 0.364 e. The predicted molar refractivity (Wildman–Crippen MR) is 82.0 cm³/mol. The molecule has 1 saturated heterocycles. The van der Waals surface area contributed by atoms with Crippen molar-refractivity contribution in [2.45, 2.75) is 25.1 Å². The third-order valence-electron chi connectivity index (χ3n) is 3.30. The van der Waals surface area contributed by atoms with Gasteiger partial charge in [0.1, 0.15) is 5.69 Å². The molecule has 22 heavy (non-hydrogen) atoms. The number of nitrogens with zero attached hydrogens (tertiary/aromatic N) is 2. The van der Waals surface area contributed by atoms with E-state index in [0.717, 1.165) is 25.0 Å². The van der Waals surface area contributed by atoms with Gasteiger partial charge in [-0.15, -0.1) is 24.8 Å². The zero-order valence-corrected chi connectivity index (χ0v) is 13.0. The Labute approximate surface area is 137 Å². The minimum Gasteiger partial charge on any atom is -0.364 e. The molecule has 0 radical (unpaired) electrons. The van der Waals surface area contributed by atoms with Gasteiger partial charge in [-0.25, -0.2) is 0 Å². The summed E-state index contributed by atoms with van der Waals surface area (Å²) in [5, 5.41) is 11.0. The first kappa shape index (κ1) is 20.8. The summed E-state index contributed by atoms with van der Waals surface area (Å²) in [5.41, 5.74) is 4.44. The van der Waals surface area contributed by atoms with Crippen molar-refractivity contribution in [1.82, 2.24) is 0 Å². The van der Waals surface area contributed by atoms with Gasteiger partial charge in [0, 0.05) is 25.2 Å². The normalized spacial score (nSPS) is 18.2. The maximum absolute atomic E-state index is 12.6. The molecule has 0 spiro atoms. The Morgan fingerprint density at radius 1 is 1.32 bits per heavy atom. The van der Waals surface area contributed by atoms with E-state index in [0.29, 0.717) is 19.2 Å². The fourth-order valence-electron chi connectivity index (χ4n) is 2.34. The zero-order valence-electron chi connectivity index (χ0n) is 11.4. The third kappa shape index (κ3) is 4.62. The van der Waals surface area contributed by atoms with Crippen molar-refractivity contribution in [3.63, 3.8) is 0 Å². The molecule has 1 aliphatic heterocycles. The van der Waals surface area contributed by atoms with Gasteiger partial charge in [0.25, 0.3) is 5.69 Å². The highest BCUT2D eigenvalue weighted by atomic mass is 35.5. The third-order valence-corrected chi connectivity index (χ3v) is 3.30. The molecular formula is C12H16Cl2F3N3O2. The average Bonchev–Trinajstić information content (AvgIpc) is 2.37. The van der Waals surface area contributed by atoms with Crippen LogP contribution < -0.4 is 10.6 Å². The number of piperidine rings is 1. The van der Waals surface area contributed by atoms with Gasteiger partial charge in [-0.3, -0.25) is 10.1 Å². The van der Waals surface area contributed by atoms with E-state index in [1.54, 1.807) is 4.90 Å². The van der Waals surface area contributed by atoms with Crippen LogP contribution in [0.4, 0.5) is 24.5 Å². The lowest BCUT2D eigenvalue weighted by atomic mass is 10.0. The number of rotatable bonds is 2. The number of anilines is 1. The zero-order chi connectivity index (χ0) is 14.9. The molecule has 0 saturated carbocycles. The number of nitro groups is 1. The first-order chi connectivity index (χ1) is 9.29. The Kier molecular flexibility index (Phi) is 7.40. The van der Waals surface area contributed by atoms with E-state index in [1.807, 2.05) is 0 Å². The number of nitro benzene ring substituents is 1. The number of halogens is 5. The highest BCUT2D eigenvalue weighted by molar-refractivity contribution is 5.85. The number of alkyl halides is 3. The van der Waals surface area contributed by atoms with Crippen LogP contribution in [0.2, 0.25) is 0 Å². The largest absolute Gasteiger partial charge is 0.416 e. The highest BCUT2D eigenvalue weighted by Gasteiger charge is 2.34. The first-order valence-corrected chi connectivity index (χ1v) is 6.15. The van der Waals surface area contributed by atoms with Gasteiger partial charge in [0.05, 0.1) is 10.5 Å². The minimum absolute atomic E-state index is 0. The Balaban J connectivity index is 0.00000220. The van der Waals surface area contributed by atoms with Gasteiger partial charge >= 0.3 is 6.18 Å². The van der Waals surface area contributed by atoms with E-state index < -0.39 is 22.4 Å². The summed E-state index contributed by atoms with van der Waals surface area (Å²) in [6.07, 6.45) is -3.02. The van der Waals surface area contributed by atoms with E-state index in [1.165, 1.54) is 0 Å². The van der Waals surface area contributed by atoms with Crippen LogP contribution in [0.5, 0.6) is 0 Å². The van der Waals surface area contributed by atoms with Gasteiger partial charge in [-0.2, -0.15) is 13.2 Å². The molecule has 2 N–H and O–H groups in total. The summed E-state index contributed by atoms with van der Waals surface area (Å²) in [5.74, 6) is 0. The summed E-state index contributed by atoms with van der Waals surface area (Å²) in [6.45, 7) is 0.964. The van der Waals surface area contributed by atoms with Crippen LogP contribution in [0.1, 0.15) is 18.4 Å². The molecule has 1 aromatic carbocycles. The minimum atomic E-state index is -4.60. The molecule has 0 amide bonds. The van der Waals surface area contributed by atoms with Crippen LogP contribution in [-0.2, 0) is 6.18 Å². The number of hydrogen-bond acceptors (Lipinski definition) is 4. The van der Waals surface area contributed by atoms with Crippen molar-refractivity contribution in [3.05, 3.63) is 33.9 Å². The monoisotopic (exact) mass is 361 g/mol. The lowest BCUT2D eigenvalue weighted by Crippen LogP contribution is -2.43. The molecular weight excluding hydrogens is 346 g/mol. The second-order valence-electron chi connectivity index (χ2n) is 4.81. The number of benzene rings is 1. The first-order valence-electron chi connectivity index (χ1n) is 6.15. The number of hydrogen-bond donors (Lipinski definition) is 1. The van der Waals surface area contributed by atoms with Gasteiger partial charge in [0.15, 0.2) is 0 Å². The van der Waals surface area contributed by atoms with Crippen LogP contribution in [0.15, 0.2) is 18.2 Å². The summed E-state index contributed by atoms with van der Waals surface area (Å²) in [7, 11) is 0. The fraction of sp³-hybridized carbons (Fsp3) is 0.500. The Morgan fingerprint density at radius 3 is 2.45 bits per heavy atom. The second kappa shape index (κ2) is 7.85.